The molecule has 2 heterocycles. The van der Waals surface area contributed by atoms with Gasteiger partial charge >= 0.3 is 0 Å². The smallest absolute Gasteiger partial charge is 0.212 e. The second-order valence-electron chi connectivity index (χ2n) is 6.45. The summed E-state index contributed by atoms with van der Waals surface area (Å²) in [5, 5.41) is 1.29. The van der Waals surface area contributed by atoms with Gasteiger partial charge in [0.2, 0.25) is 11.2 Å². The molecule has 0 bridgehead atoms. The van der Waals surface area contributed by atoms with E-state index < -0.39 is 0 Å². The van der Waals surface area contributed by atoms with Crippen molar-refractivity contribution < 1.29 is 4.57 Å². The van der Waals surface area contributed by atoms with E-state index >= 15 is 0 Å². The van der Waals surface area contributed by atoms with E-state index in [4.69, 9.17) is 0 Å². The number of para-hydroxylation sites is 1. The van der Waals surface area contributed by atoms with Gasteiger partial charge in [0.05, 0.1) is 0 Å². The van der Waals surface area contributed by atoms with E-state index in [0.29, 0.717) is 0 Å². The molecule has 0 saturated carbocycles. The summed E-state index contributed by atoms with van der Waals surface area (Å²) in [6.07, 6.45) is 5.61. The lowest BCUT2D eigenvalue weighted by atomic mass is 10.1. The van der Waals surface area contributed by atoms with Crippen LogP contribution >= 0.6 is 0 Å². The summed E-state index contributed by atoms with van der Waals surface area (Å²) in [7, 11) is 2.17. The van der Waals surface area contributed by atoms with Crippen molar-refractivity contribution in [3.63, 3.8) is 0 Å². The van der Waals surface area contributed by atoms with Crippen LogP contribution in [0.1, 0.15) is 23.7 Å². The minimum absolute atomic E-state index is 0.968. The Balaban J connectivity index is 1.70. The largest absolute Gasteiger partial charge is 0.374 e. The van der Waals surface area contributed by atoms with E-state index in [9.17, 15) is 0 Å². The standard InChI is InChI=1S/C22H23N2/c1-3-24-20(12-10-18-6-4-5-7-22(18)24)11-8-17-9-13-21-19(16-17)14-15-23(21)2/h4-13,16H,3,14-15H2,1-2H3/q+1. The molecule has 1 aliphatic heterocycles. The number of fused-ring (bicyclic) bond motifs is 2. The predicted octanol–water partition coefficient (Wildman–Crippen LogP) is 4.31. The maximum absolute atomic E-state index is 2.37. The van der Waals surface area contributed by atoms with Crippen LogP contribution in [0.5, 0.6) is 0 Å². The van der Waals surface area contributed by atoms with Gasteiger partial charge in [-0.15, -0.1) is 0 Å². The molecule has 0 unspecified atom stereocenters. The average molecular weight is 315 g/mol. The summed E-state index contributed by atoms with van der Waals surface area (Å²) in [4.78, 5) is 2.33. The second-order valence-corrected chi connectivity index (χ2v) is 6.45. The molecule has 2 aromatic carbocycles. The van der Waals surface area contributed by atoms with Crippen molar-refractivity contribution in [3.05, 3.63) is 71.4 Å². The Morgan fingerprint density at radius 1 is 1.04 bits per heavy atom. The molecule has 4 rings (SSSR count). The molecule has 2 nitrogen and oxygen atoms in total. The topological polar surface area (TPSA) is 7.12 Å². The third-order valence-electron chi connectivity index (χ3n) is 4.97. The molecule has 0 N–H and O–H groups in total. The summed E-state index contributed by atoms with van der Waals surface area (Å²) in [5.41, 5.74) is 6.65. The van der Waals surface area contributed by atoms with Gasteiger partial charge in [-0.05, 0) is 54.8 Å². The Kier molecular flexibility index (Phi) is 3.81. The first-order valence-corrected chi connectivity index (χ1v) is 8.70. The van der Waals surface area contributed by atoms with Gasteiger partial charge in [-0.1, -0.05) is 18.2 Å². The Labute approximate surface area is 143 Å². The maximum atomic E-state index is 2.37. The molecule has 0 radical (unpaired) electrons. The van der Waals surface area contributed by atoms with Crippen molar-refractivity contribution in [1.29, 1.82) is 0 Å². The van der Waals surface area contributed by atoms with Crippen molar-refractivity contribution >= 4 is 28.7 Å². The summed E-state index contributed by atoms with van der Waals surface area (Å²) in [6.45, 7) is 4.30. The van der Waals surface area contributed by atoms with Crippen molar-refractivity contribution in [2.45, 2.75) is 19.9 Å². The molecule has 1 aromatic heterocycles. The van der Waals surface area contributed by atoms with Gasteiger partial charge in [0, 0.05) is 42.9 Å². The van der Waals surface area contributed by atoms with E-state index in [0.717, 1.165) is 19.5 Å². The van der Waals surface area contributed by atoms with E-state index in [2.05, 4.69) is 90.2 Å². The zero-order valence-corrected chi connectivity index (χ0v) is 14.4. The molecule has 0 aliphatic carbocycles. The van der Waals surface area contributed by atoms with Crippen molar-refractivity contribution in [2.75, 3.05) is 18.5 Å². The number of benzene rings is 2. The number of aryl methyl sites for hydroxylation is 1. The van der Waals surface area contributed by atoms with E-state index in [1.807, 2.05) is 0 Å². The SMILES string of the molecule is CC[n+]1c(/C=C/c2ccc3c(c2)CCN3C)ccc2ccccc21. The van der Waals surface area contributed by atoms with Crippen molar-refractivity contribution in [1.82, 2.24) is 0 Å². The molecular formula is C22H23N2+. The van der Waals surface area contributed by atoms with Crippen molar-refractivity contribution in [3.8, 4) is 0 Å². The number of aromatic nitrogens is 1. The monoisotopic (exact) mass is 315 g/mol. The third-order valence-corrected chi connectivity index (χ3v) is 4.97. The van der Waals surface area contributed by atoms with Crippen LogP contribution in [-0.2, 0) is 13.0 Å². The van der Waals surface area contributed by atoms with Crippen LogP contribution in [0.2, 0.25) is 0 Å². The highest BCUT2D eigenvalue weighted by Crippen LogP contribution is 2.27. The molecule has 120 valence electrons. The van der Waals surface area contributed by atoms with Gasteiger partial charge < -0.3 is 4.90 Å². The number of nitrogens with zero attached hydrogens (tertiary/aromatic N) is 2. The number of hydrogen-bond donors (Lipinski definition) is 0. The first-order chi connectivity index (χ1) is 11.8. The fourth-order valence-electron chi connectivity index (χ4n) is 3.65. The lowest BCUT2D eigenvalue weighted by Crippen LogP contribution is -2.36. The van der Waals surface area contributed by atoms with Crippen LogP contribution in [-0.4, -0.2) is 13.6 Å². The predicted molar refractivity (Wildman–Crippen MR) is 102 cm³/mol. The number of pyridine rings is 1. The molecule has 2 heteroatoms. The van der Waals surface area contributed by atoms with Gasteiger partial charge in [0.1, 0.15) is 6.54 Å². The minimum atomic E-state index is 0.968. The summed E-state index contributed by atoms with van der Waals surface area (Å²) in [6, 6.07) is 19.8. The number of anilines is 1. The van der Waals surface area contributed by atoms with Gasteiger partial charge in [-0.25, -0.2) is 0 Å². The molecule has 3 aromatic rings. The molecule has 0 amide bonds. The molecule has 24 heavy (non-hydrogen) atoms. The lowest BCUT2D eigenvalue weighted by molar-refractivity contribution is -0.669. The first-order valence-electron chi connectivity index (χ1n) is 8.70. The third kappa shape index (κ3) is 2.58. The first kappa shape index (κ1) is 14.9. The van der Waals surface area contributed by atoms with Gasteiger partial charge in [0.25, 0.3) is 0 Å². The zero-order chi connectivity index (χ0) is 16.5. The van der Waals surface area contributed by atoms with Crippen LogP contribution in [0.15, 0.2) is 54.6 Å². The Hall–Kier alpha value is -2.61. The normalized spacial score (nSPS) is 13.8. The van der Waals surface area contributed by atoms with E-state index in [-0.39, 0.29) is 0 Å². The zero-order valence-electron chi connectivity index (χ0n) is 14.4. The van der Waals surface area contributed by atoms with Crippen LogP contribution in [0, 0.1) is 0 Å². The Morgan fingerprint density at radius 2 is 1.92 bits per heavy atom. The van der Waals surface area contributed by atoms with Crippen LogP contribution in [0.4, 0.5) is 5.69 Å². The van der Waals surface area contributed by atoms with Gasteiger partial charge in [-0.2, -0.15) is 4.57 Å². The van der Waals surface area contributed by atoms with Crippen LogP contribution < -0.4 is 9.47 Å². The molecular weight excluding hydrogens is 292 g/mol. The van der Waals surface area contributed by atoms with Crippen molar-refractivity contribution in [2.24, 2.45) is 0 Å². The molecule has 0 saturated heterocycles. The second kappa shape index (κ2) is 6.12. The summed E-state index contributed by atoms with van der Waals surface area (Å²) in [5.74, 6) is 0. The minimum Gasteiger partial charge on any atom is -0.374 e. The fraction of sp³-hybridized carbons (Fsp3) is 0.227. The van der Waals surface area contributed by atoms with Gasteiger partial charge in [-0.3, -0.25) is 0 Å². The van der Waals surface area contributed by atoms with E-state index in [1.165, 1.54) is 33.4 Å². The quantitative estimate of drug-likeness (QED) is 0.653. The number of likely N-dealkylation sites (N-methyl/N-ethyl adjacent to an activating group) is 1. The van der Waals surface area contributed by atoms with Crippen LogP contribution in [0.3, 0.4) is 0 Å². The maximum Gasteiger partial charge on any atom is 0.212 e. The van der Waals surface area contributed by atoms with Gasteiger partial charge in [0.15, 0.2) is 0 Å². The highest BCUT2D eigenvalue weighted by molar-refractivity contribution is 5.77. The Morgan fingerprint density at radius 3 is 2.79 bits per heavy atom. The number of rotatable bonds is 3. The molecule has 1 aliphatic rings. The number of hydrogen-bond acceptors (Lipinski definition) is 1. The van der Waals surface area contributed by atoms with E-state index in [1.54, 1.807) is 0 Å². The van der Waals surface area contributed by atoms with Crippen LogP contribution in [0.25, 0.3) is 23.1 Å². The highest BCUT2D eigenvalue weighted by atomic mass is 15.1. The molecule has 0 spiro atoms. The Bertz CT molecular complexity index is 924. The summed E-state index contributed by atoms with van der Waals surface area (Å²) >= 11 is 0. The average Bonchev–Trinajstić information content (AvgIpc) is 3.00. The fourth-order valence-corrected chi connectivity index (χ4v) is 3.65. The highest BCUT2D eigenvalue weighted by Gasteiger charge is 2.15. The lowest BCUT2D eigenvalue weighted by Gasteiger charge is -2.11. The molecule has 0 atom stereocenters. The summed E-state index contributed by atoms with van der Waals surface area (Å²) < 4.78 is 2.37. The molecule has 0 fully saturated rings.